The largest absolute Gasteiger partial charge is 0.433 e. The molecule has 0 unspecified atom stereocenters. The number of nitro groups is 1. The van der Waals surface area contributed by atoms with Gasteiger partial charge in [-0.3, -0.25) is 19.8 Å². The van der Waals surface area contributed by atoms with E-state index in [2.05, 4.69) is 29.2 Å². The van der Waals surface area contributed by atoms with E-state index in [1.54, 1.807) is 4.90 Å². The zero-order chi connectivity index (χ0) is 20.9. The third-order valence-corrected chi connectivity index (χ3v) is 5.40. The van der Waals surface area contributed by atoms with Crippen LogP contribution in [0.2, 0.25) is 0 Å². The highest BCUT2D eigenvalue weighted by Crippen LogP contribution is 2.29. The van der Waals surface area contributed by atoms with Gasteiger partial charge in [-0.05, 0) is 23.6 Å². The molecule has 1 aliphatic heterocycles. The minimum absolute atomic E-state index is 0.0119. The highest BCUT2D eigenvalue weighted by Gasteiger charge is 2.28. The van der Waals surface area contributed by atoms with E-state index in [1.165, 1.54) is 23.3 Å². The molecule has 1 saturated heterocycles. The van der Waals surface area contributed by atoms with Crippen molar-refractivity contribution in [1.82, 2.24) is 9.80 Å². The van der Waals surface area contributed by atoms with Gasteiger partial charge < -0.3 is 9.32 Å². The number of furan rings is 1. The summed E-state index contributed by atoms with van der Waals surface area (Å²) in [6, 6.07) is 23.4. The van der Waals surface area contributed by atoms with Gasteiger partial charge >= 0.3 is 5.88 Å². The molecular weight excluding hydrogens is 382 g/mol. The number of benzene rings is 2. The topological polar surface area (TPSA) is 79.8 Å². The van der Waals surface area contributed by atoms with Gasteiger partial charge in [0.05, 0.1) is 12.1 Å². The Hall–Kier alpha value is -3.45. The van der Waals surface area contributed by atoms with Gasteiger partial charge in [-0.2, -0.15) is 0 Å². The van der Waals surface area contributed by atoms with Crippen LogP contribution in [0, 0.1) is 10.1 Å². The van der Waals surface area contributed by atoms with Crippen molar-refractivity contribution in [2.24, 2.45) is 0 Å². The predicted molar refractivity (Wildman–Crippen MR) is 112 cm³/mol. The van der Waals surface area contributed by atoms with E-state index in [-0.39, 0.29) is 17.7 Å². The normalized spacial score (nSPS) is 15.2. The van der Waals surface area contributed by atoms with Crippen LogP contribution in [-0.2, 0) is 0 Å². The molecule has 4 rings (SSSR count). The summed E-state index contributed by atoms with van der Waals surface area (Å²) in [5.41, 5.74) is 2.43. The van der Waals surface area contributed by atoms with Crippen LogP contribution in [0.5, 0.6) is 0 Å². The number of amides is 1. The number of hydrogen-bond donors (Lipinski definition) is 0. The minimum atomic E-state index is -0.634. The Morgan fingerprint density at radius 2 is 1.50 bits per heavy atom. The Morgan fingerprint density at radius 1 is 0.867 bits per heavy atom. The molecule has 0 atom stereocenters. The molecule has 0 aliphatic carbocycles. The molecule has 30 heavy (non-hydrogen) atoms. The van der Waals surface area contributed by atoms with Gasteiger partial charge in [-0.1, -0.05) is 60.7 Å². The van der Waals surface area contributed by atoms with Crippen LogP contribution in [0.1, 0.15) is 34.1 Å². The molecule has 0 N–H and O–H groups in total. The first-order chi connectivity index (χ1) is 14.6. The number of carbonyl (C=O) groups is 1. The zero-order valence-corrected chi connectivity index (χ0v) is 16.5. The summed E-state index contributed by atoms with van der Waals surface area (Å²) in [6.07, 6.45) is 0.810. The van der Waals surface area contributed by atoms with Gasteiger partial charge in [-0.15, -0.1) is 0 Å². The minimum Gasteiger partial charge on any atom is -0.395 e. The first-order valence-corrected chi connectivity index (χ1v) is 10.0. The van der Waals surface area contributed by atoms with Gasteiger partial charge in [0.2, 0.25) is 0 Å². The summed E-state index contributed by atoms with van der Waals surface area (Å²) >= 11 is 0. The summed E-state index contributed by atoms with van der Waals surface area (Å²) in [7, 11) is 0. The molecule has 0 radical (unpaired) electrons. The standard InChI is InChI=1S/C23H23N3O4/c27-23(20-12-13-21(30-20)26(28)29)25-15-7-14-24(16-17-25)22(18-8-3-1-4-9-18)19-10-5-2-6-11-19/h1-6,8-13,22H,7,14-17H2. The maximum atomic E-state index is 12.8. The fraction of sp³-hybridized carbons (Fsp3) is 0.261. The molecule has 0 spiro atoms. The predicted octanol–water partition coefficient (Wildman–Crippen LogP) is 4.13. The van der Waals surface area contributed by atoms with Crippen LogP contribution >= 0.6 is 0 Å². The van der Waals surface area contributed by atoms with Crippen molar-refractivity contribution >= 4 is 11.8 Å². The Balaban J connectivity index is 1.53. The van der Waals surface area contributed by atoms with Crippen molar-refractivity contribution < 1.29 is 14.1 Å². The second kappa shape index (κ2) is 8.92. The van der Waals surface area contributed by atoms with Crippen LogP contribution in [0.3, 0.4) is 0 Å². The van der Waals surface area contributed by atoms with Crippen LogP contribution in [0.25, 0.3) is 0 Å². The van der Waals surface area contributed by atoms with Crippen LogP contribution in [0.4, 0.5) is 5.88 Å². The number of rotatable bonds is 5. The molecule has 0 saturated carbocycles. The Kier molecular flexibility index (Phi) is 5.90. The summed E-state index contributed by atoms with van der Waals surface area (Å²) in [4.78, 5) is 27.1. The second-order valence-electron chi connectivity index (χ2n) is 7.30. The Bertz CT molecular complexity index is 964. The number of hydrogen-bond acceptors (Lipinski definition) is 5. The van der Waals surface area contributed by atoms with Crippen molar-refractivity contribution in [3.63, 3.8) is 0 Å². The average Bonchev–Trinajstić information content (AvgIpc) is 3.16. The summed E-state index contributed by atoms with van der Waals surface area (Å²) in [5.74, 6) is -0.707. The molecule has 1 fully saturated rings. The smallest absolute Gasteiger partial charge is 0.395 e. The summed E-state index contributed by atoms with van der Waals surface area (Å²) < 4.78 is 5.11. The molecule has 3 aromatic rings. The lowest BCUT2D eigenvalue weighted by atomic mass is 9.97. The monoisotopic (exact) mass is 405 g/mol. The number of nitrogens with zero attached hydrogens (tertiary/aromatic N) is 3. The van der Waals surface area contributed by atoms with E-state index in [0.717, 1.165) is 13.0 Å². The molecule has 0 bridgehead atoms. The van der Waals surface area contributed by atoms with Gasteiger partial charge in [0, 0.05) is 26.2 Å². The van der Waals surface area contributed by atoms with Gasteiger partial charge in [0.1, 0.15) is 4.92 Å². The highest BCUT2D eigenvalue weighted by atomic mass is 16.6. The lowest BCUT2D eigenvalue weighted by molar-refractivity contribution is -0.402. The third-order valence-electron chi connectivity index (χ3n) is 5.40. The van der Waals surface area contributed by atoms with E-state index in [9.17, 15) is 14.9 Å². The molecule has 7 nitrogen and oxygen atoms in total. The van der Waals surface area contributed by atoms with Gasteiger partial charge in [-0.25, -0.2) is 0 Å². The van der Waals surface area contributed by atoms with E-state index >= 15 is 0 Å². The molecule has 1 aliphatic rings. The first-order valence-electron chi connectivity index (χ1n) is 10.0. The highest BCUT2D eigenvalue weighted by molar-refractivity contribution is 5.91. The van der Waals surface area contributed by atoms with Gasteiger partial charge in [0.25, 0.3) is 5.91 Å². The molecular formula is C23H23N3O4. The average molecular weight is 405 g/mol. The molecule has 1 amide bonds. The lowest BCUT2D eigenvalue weighted by Crippen LogP contribution is -2.36. The van der Waals surface area contributed by atoms with Crippen molar-refractivity contribution in [3.8, 4) is 0 Å². The Morgan fingerprint density at radius 3 is 2.07 bits per heavy atom. The van der Waals surface area contributed by atoms with Crippen molar-refractivity contribution in [2.45, 2.75) is 12.5 Å². The fourth-order valence-electron chi connectivity index (χ4n) is 3.98. The molecule has 1 aromatic heterocycles. The van der Waals surface area contributed by atoms with Crippen molar-refractivity contribution in [1.29, 1.82) is 0 Å². The third kappa shape index (κ3) is 4.26. The molecule has 154 valence electrons. The van der Waals surface area contributed by atoms with Crippen molar-refractivity contribution in [3.05, 3.63) is 99.8 Å². The zero-order valence-electron chi connectivity index (χ0n) is 16.5. The summed E-state index contributed by atoms with van der Waals surface area (Å²) in [5, 5.41) is 10.8. The van der Waals surface area contributed by atoms with Crippen LogP contribution in [-0.4, -0.2) is 46.8 Å². The molecule has 2 aromatic carbocycles. The van der Waals surface area contributed by atoms with Gasteiger partial charge in [0.15, 0.2) is 5.76 Å². The maximum Gasteiger partial charge on any atom is 0.433 e. The summed E-state index contributed by atoms with van der Waals surface area (Å²) in [6.45, 7) is 2.66. The van der Waals surface area contributed by atoms with Crippen LogP contribution in [0.15, 0.2) is 77.2 Å². The number of carbonyl (C=O) groups excluding carboxylic acids is 1. The SMILES string of the molecule is O=C(c1ccc([N+](=O)[O-])o1)N1CCCN(C(c2ccccc2)c2ccccc2)CC1. The van der Waals surface area contributed by atoms with Crippen molar-refractivity contribution in [2.75, 3.05) is 26.2 Å². The second-order valence-corrected chi connectivity index (χ2v) is 7.30. The van der Waals surface area contributed by atoms with E-state index in [0.29, 0.717) is 19.6 Å². The van der Waals surface area contributed by atoms with E-state index in [1.807, 2.05) is 36.4 Å². The van der Waals surface area contributed by atoms with E-state index < -0.39 is 10.8 Å². The molecule has 2 heterocycles. The lowest BCUT2D eigenvalue weighted by Gasteiger charge is -2.31. The maximum absolute atomic E-state index is 12.8. The first kappa shape index (κ1) is 19.8. The Labute approximate surface area is 174 Å². The molecule has 7 heteroatoms. The van der Waals surface area contributed by atoms with E-state index in [4.69, 9.17) is 4.42 Å². The quantitative estimate of drug-likeness (QED) is 0.471. The fourth-order valence-corrected chi connectivity index (χ4v) is 3.98. The van der Waals surface area contributed by atoms with Crippen LogP contribution < -0.4 is 0 Å².